The Kier molecular flexibility index (Phi) is 2.41. The number of hydrogen-bond acceptors (Lipinski definition) is 4. The van der Waals surface area contributed by atoms with Gasteiger partial charge in [-0.1, -0.05) is 11.6 Å². The van der Waals surface area contributed by atoms with Gasteiger partial charge in [-0.25, -0.2) is 0 Å². The Hall–Kier alpha value is -1.88. The van der Waals surface area contributed by atoms with Crippen molar-refractivity contribution in [2.24, 2.45) is 5.41 Å². The van der Waals surface area contributed by atoms with E-state index < -0.39 is 0 Å². The fourth-order valence-corrected chi connectivity index (χ4v) is 2.70. The zero-order chi connectivity index (χ0) is 13.7. The third-order valence-electron chi connectivity index (χ3n) is 4.02. The van der Waals surface area contributed by atoms with Crippen LogP contribution in [-0.2, 0) is 0 Å². The van der Waals surface area contributed by atoms with Gasteiger partial charge in [0.2, 0.25) is 0 Å². The number of anilines is 1. The first-order valence-corrected chi connectivity index (χ1v) is 6.93. The molecule has 1 aliphatic carbocycles. The topological polar surface area (TPSA) is 73.2 Å². The zero-order valence-electron chi connectivity index (χ0n) is 10.8. The Morgan fingerprint density at radius 3 is 2.45 bits per heavy atom. The van der Waals surface area contributed by atoms with E-state index >= 15 is 0 Å². The molecular weight excluding hydrogens is 278 g/mol. The summed E-state index contributed by atoms with van der Waals surface area (Å²) in [7, 11) is 0. The molecule has 20 heavy (non-hydrogen) atoms. The van der Waals surface area contributed by atoms with Crippen molar-refractivity contribution >= 4 is 17.4 Å². The Morgan fingerprint density at radius 2 is 1.85 bits per heavy atom. The Morgan fingerprint density at radius 1 is 1.15 bits per heavy atom. The molecule has 0 amide bonds. The summed E-state index contributed by atoms with van der Waals surface area (Å²) in [6.45, 7) is 1.39. The fourth-order valence-electron chi connectivity index (χ4n) is 2.45. The van der Waals surface area contributed by atoms with Crippen LogP contribution in [0.1, 0.15) is 12.8 Å². The van der Waals surface area contributed by atoms with Crippen LogP contribution in [0, 0.1) is 5.41 Å². The van der Waals surface area contributed by atoms with Gasteiger partial charge in [0.1, 0.15) is 5.82 Å². The quantitative estimate of drug-likeness (QED) is 0.847. The van der Waals surface area contributed by atoms with E-state index in [1.165, 1.54) is 0 Å². The van der Waals surface area contributed by atoms with Gasteiger partial charge in [-0.3, -0.25) is 5.10 Å². The highest BCUT2D eigenvalue weighted by Crippen LogP contribution is 2.50. The minimum atomic E-state index is 0.209. The van der Waals surface area contributed by atoms with Gasteiger partial charge >= 0.3 is 0 Å². The van der Waals surface area contributed by atoms with E-state index in [9.17, 15) is 0 Å². The highest BCUT2D eigenvalue weighted by Gasteiger charge is 2.46. The Labute approximate surface area is 121 Å². The van der Waals surface area contributed by atoms with Gasteiger partial charge in [0.05, 0.1) is 24.4 Å². The molecule has 1 saturated carbocycles. The molecule has 0 saturated heterocycles. The number of H-pyrrole nitrogens is 1. The van der Waals surface area contributed by atoms with Crippen LogP contribution < -0.4 is 15.2 Å². The fraction of sp³-hybridized carbons (Fsp3) is 0.357. The first kappa shape index (κ1) is 11.9. The SMILES string of the molecule is Nc1[nH]ncc1-c1cc2c(cc1Cl)OCC1(CC1)CO2. The van der Waals surface area contributed by atoms with Crippen LogP contribution in [0.5, 0.6) is 11.5 Å². The average Bonchev–Trinajstić information content (AvgIpc) is 3.13. The number of hydrogen-bond donors (Lipinski definition) is 2. The third kappa shape index (κ3) is 1.81. The molecule has 1 aromatic carbocycles. The van der Waals surface area contributed by atoms with Crippen LogP contribution in [0.25, 0.3) is 11.1 Å². The summed E-state index contributed by atoms with van der Waals surface area (Å²) in [4.78, 5) is 0. The van der Waals surface area contributed by atoms with Crippen molar-refractivity contribution in [3.05, 3.63) is 23.4 Å². The molecule has 2 heterocycles. The molecule has 2 aromatic rings. The normalized spacial score (nSPS) is 18.9. The van der Waals surface area contributed by atoms with E-state index in [4.69, 9.17) is 26.8 Å². The second kappa shape index (κ2) is 4.06. The van der Waals surface area contributed by atoms with Crippen molar-refractivity contribution in [1.82, 2.24) is 10.2 Å². The zero-order valence-corrected chi connectivity index (χ0v) is 11.5. The van der Waals surface area contributed by atoms with Gasteiger partial charge in [-0.2, -0.15) is 5.10 Å². The molecule has 2 aliphatic rings. The van der Waals surface area contributed by atoms with Crippen molar-refractivity contribution in [2.45, 2.75) is 12.8 Å². The summed E-state index contributed by atoms with van der Waals surface area (Å²) < 4.78 is 11.8. The number of aromatic nitrogens is 2. The molecule has 6 heteroatoms. The summed E-state index contributed by atoms with van der Waals surface area (Å²) in [5, 5.41) is 7.21. The van der Waals surface area contributed by atoms with Crippen LogP contribution in [0.15, 0.2) is 18.3 Å². The molecule has 1 aromatic heterocycles. The molecule has 4 rings (SSSR count). The molecule has 0 radical (unpaired) electrons. The molecule has 1 spiro atoms. The van der Waals surface area contributed by atoms with Crippen LogP contribution in [0.2, 0.25) is 5.02 Å². The van der Waals surface area contributed by atoms with Crippen LogP contribution in [0.4, 0.5) is 5.82 Å². The lowest BCUT2D eigenvalue weighted by atomic mass is 10.1. The number of nitrogens with one attached hydrogen (secondary N) is 1. The maximum absolute atomic E-state index is 6.33. The molecule has 0 bridgehead atoms. The minimum Gasteiger partial charge on any atom is -0.489 e. The molecule has 104 valence electrons. The molecular formula is C14H14ClN3O2. The lowest BCUT2D eigenvalue weighted by Crippen LogP contribution is -2.17. The number of nitrogen functional groups attached to an aromatic ring is 1. The monoisotopic (exact) mass is 291 g/mol. The number of aromatic amines is 1. The standard InChI is InChI=1S/C14H14ClN3O2/c15-10-4-12-11(19-6-14(1-2-14)7-20-12)3-8(10)9-5-17-18-13(9)16/h3-5H,1-2,6-7H2,(H3,16,17,18). The van der Waals surface area contributed by atoms with E-state index in [0.717, 1.165) is 24.0 Å². The second-order valence-corrected chi connectivity index (χ2v) is 5.96. The lowest BCUT2D eigenvalue weighted by Gasteiger charge is -2.10. The van der Waals surface area contributed by atoms with Crippen LogP contribution in [-0.4, -0.2) is 23.4 Å². The van der Waals surface area contributed by atoms with Crippen molar-refractivity contribution in [2.75, 3.05) is 18.9 Å². The number of benzene rings is 1. The van der Waals surface area contributed by atoms with Crippen molar-refractivity contribution in [1.29, 1.82) is 0 Å². The lowest BCUT2D eigenvalue weighted by molar-refractivity contribution is 0.197. The third-order valence-corrected chi connectivity index (χ3v) is 4.33. The molecule has 5 nitrogen and oxygen atoms in total. The van der Waals surface area contributed by atoms with E-state index in [-0.39, 0.29) is 5.41 Å². The first-order valence-electron chi connectivity index (χ1n) is 6.55. The number of halogens is 1. The first-order chi connectivity index (χ1) is 9.67. The van der Waals surface area contributed by atoms with Gasteiger partial charge in [0, 0.05) is 22.6 Å². The van der Waals surface area contributed by atoms with Gasteiger partial charge in [0.15, 0.2) is 11.5 Å². The number of nitrogens with zero attached hydrogens (tertiary/aromatic N) is 1. The maximum atomic E-state index is 6.33. The molecule has 1 fully saturated rings. The Balaban J connectivity index is 1.77. The van der Waals surface area contributed by atoms with E-state index in [0.29, 0.717) is 35.6 Å². The highest BCUT2D eigenvalue weighted by molar-refractivity contribution is 6.33. The van der Waals surface area contributed by atoms with Gasteiger partial charge < -0.3 is 15.2 Å². The van der Waals surface area contributed by atoms with Gasteiger partial charge in [0.25, 0.3) is 0 Å². The van der Waals surface area contributed by atoms with Crippen LogP contribution in [0.3, 0.4) is 0 Å². The Bertz CT molecular complexity index is 679. The summed E-state index contributed by atoms with van der Waals surface area (Å²) in [6.07, 6.45) is 3.98. The van der Waals surface area contributed by atoms with E-state index in [1.54, 1.807) is 12.3 Å². The number of fused-ring (bicyclic) bond motifs is 1. The predicted molar refractivity (Wildman–Crippen MR) is 76.1 cm³/mol. The largest absolute Gasteiger partial charge is 0.489 e. The number of ether oxygens (including phenoxy) is 2. The average molecular weight is 292 g/mol. The summed E-state index contributed by atoms with van der Waals surface area (Å²) >= 11 is 6.33. The molecule has 1 aliphatic heterocycles. The summed E-state index contributed by atoms with van der Waals surface area (Å²) in [6, 6.07) is 3.67. The van der Waals surface area contributed by atoms with E-state index in [1.807, 2.05) is 6.07 Å². The molecule has 0 unspecified atom stereocenters. The van der Waals surface area contributed by atoms with Gasteiger partial charge in [-0.15, -0.1) is 0 Å². The van der Waals surface area contributed by atoms with Crippen molar-refractivity contribution < 1.29 is 9.47 Å². The summed E-state index contributed by atoms with van der Waals surface area (Å²) in [5.41, 5.74) is 7.63. The second-order valence-electron chi connectivity index (χ2n) is 5.55. The van der Waals surface area contributed by atoms with Crippen molar-refractivity contribution in [3.63, 3.8) is 0 Å². The molecule has 3 N–H and O–H groups in total. The summed E-state index contributed by atoms with van der Waals surface area (Å²) in [5.74, 6) is 1.90. The minimum absolute atomic E-state index is 0.209. The van der Waals surface area contributed by atoms with Gasteiger partial charge in [-0.05, 0) is 18.9 Å². The van der Waals surface area contributed by atoms with Crippen molar-refractivity contribution in [3.8, 4) is 22.6 Å². The maximum Gasteiger partial charge on any atom is 0.162 e. The smallest absolute Gasteiger partial charge is 0.162 e. The number of nitrogens with two attached hydrogens (primary N) is 1. The number of rotatable bonds is 1. The predicted octanol–water partition coefficient (Wildman–Crippen LogP) is 2.86. The highest BCUT2D eigenvalue weighted by atomic mass is 35.5. The van der Waals surface area contributed by atoms with Crippen LogP contribution >= 0.6 is 11.6 Å². The van der Waals surface area contributed by atoms with E-state index in [2.05, 4.69) is 10.2 Å². The molecule has 0 atom stereocenters.